The van der Waals surface area contributed by atoms with Crippen molar-refractivity contribution in [1.82, 2.24) is 9.88 Å². The molecule has 2 rings (SSSR count). The molecular weight excluding hydrogens is 228 g/mol. The second-order valence-corrected chi connectivity index (χ2v) is 6.02. The number of nitrogens with zero attached hydrogens (tertiary/aromatic N) is 1. The van der Waals surface area contributed by atoms with Crippen molar-refractivity contribution in [3.05, 3.63) is 46.4 Å². The molecule has 0 atom stereocenters. The molecule has 0 radical (unpaired) electrons. The van der Waals surface area contributed by atoms with Crippen molar-refractivity contribution in [2.75, 3.05) is 6.54 Å². The Labute approximate surface area is 107 Å². The summed E-state index contributed by atoms with van der Waals surface area (Å²) in [5.74, 6) is 0. The highest BCUT2D eigenvalue weighted by Gasteiger charge is 2.20. The predicted octanol–water partition coefficient (Wildman–Crippen LogP) is 3.15. The summed E-state index contributed by atoms with van der Waals surface area (Å²) in [5.41, 5.74) is 1.53. The van der Waals surface area contributed by atoms with E-state index < -0.39 is 0 Å². The highest BCUT2D eigenvalue weighted by atomic mass is 32.1. The third-order valence-electron chi connectivity index (χ3n) is 3.11. The lowest BCUT2D eigenvalue weighted by Crippen LogP contribution is -2.32. The Kier molecular flexibility index (Phi) is 3.69. The minimum absolute atomic E-state index is 0.208. The molecule has 0 fully saturated rings. The van der Waals surface area contributed by atoms with Crippen LogP contribution in [0, 0.1) is 0 Å². The van der Waals surface area contributed by atoms with Gasteiger partial charge in [0.25, 0.3) is 0 Å². The van der Waals surface area contributed by atoms with Gasteiger partial charge < -0.3 is 9.88 Å². The molecule has 2 heterocycles. The van der Waals surface area contributed by atoms with Crippen LogP contribution in [0.4, 0.5) is 0 Å². The maximum atomic E-state index is 3.54. The number of rotatable bonds is 5. The van der Waals surface area contributed by atoms with Crippen LogP contribution in [-0.2, 0) is 19.0 Å². The quantitative estimate of drug-likeness (QED) is 0.860. The van der Waals surface area contributed by atoms with Crippen molar-refractivity contribution in [3.8, 4) is 0 Å². The van der Waals surface area contributed by atoms with Crippen molar-refractivity contribution in [1.29, 1.82) is 0 Å². The maximum absolute atomic E-state index is 3.54. The molecule has 0 aromatic carbocycles. The molecule has 1 N–H and O–H groups in total. The van der Waals surface area contributed by atoms with E-state index in [9.17, 15) is 0 Å². The van der Waals surface area contributed by atoms with E-state index >= 15 is 0 Å². The van der Waals surface area contributed by atoms with Crippen molar-refractivity contribution in [3.63, 3.8) is 0 Å². The highest BCUT2D eigenvalue weighted by molar-refractivity contribution is 7.10. The van der Waals surface area contributed by atoms with Gasteiger partial charge in [-0.3, -0.25) is 0 Å². The van der Waals surface area contributed by atoms with Gasteiger partial charge in [-0.1, -0.05) is 19.9 Å². The minimum Gasteiger partial charge on any atom is -0.353 e. The van der Waals surface area contributed by atoms with Gasteiger partial charge in [0.15, 0.2) is 0 Å². The first-order valence-corrected chi connectivity index (χ1v) is 6.82. The van der Waals surface area contributed by atoms with Crippen LogP contribution in [0.5, 0.6) is 0 Å². The monoisotopic (exact) mass is 248 g/mol. The SMILES string of the molecule is Cn1cccc1CNCC(C)(C)c1cccs1. The molecule has 0 aliphatic rings. The van der Waals surface area contributed by atoms with Crippen LogP contribution in [0.25, 0.3) is 0 Å². The van der Waals surface area contributed by atoms with Gasteiger partial charge in [-0.25, -0.2) is 0 Å². The third kappa shape index (κ3) is 2.99. The smallest absolute Gasteiger partial charge is 0.0359 e. The molecule has 0 spiro atoms. The maximum Gasteiger partial charge on any atom is 0.0359 e. The fourth-order valence-electron chi connectivity index (χ4n) is 1.93. The van der Waals surface area contributed by atoms with Gasteiger partial charge >= 0.3 is 0 Å². The van der Waals surface area contributed by atoms with E-state index in [0.29, 0.717) is 0 Å². The molecular formula is C14H20N2S. The lowest BCUT2D eigenvalue weighted by Gasteiger charge is -2.23. The normalized spacial score (nSPS) is 11.9. The molecule has 0 saturated heterocycles. The van der Waals surface area contributed by atoms with Crippen molar-refractivity contribution in [2.24, 2.45) is 7.05 Å². The van der Waals surface area contributed by atoms with Crippen molar-refractivity contribution >= 4 is 11.3 Å². The first kappa shape index (κ1) is 12.4. The number of thiophene rings is 1. The summed E-state index contributed by atoms with van der Waals surface area (Å²) in [4.78, 5) is 1.44. The number of aromatic nitrogens is 1. The summed E-state index contributed by atoms with van der Waals surface area (Å²) in [6.45, 7) is 6.50. The summed E-state index contributed by atoms with van der Waals surface area (Å²) in [6, 6.07) is 8.58. The fraction of sp³-hybridized carbons (Fsp3) is 0.429. The number of aryl methyl sites for hydroxylation is 1. The van der Waals surface area contributed by atoms with Gasteiger partial charge in [0, 0.05) is 42.3 Å². The molecule has 0 bridgehead atoms. The summed E-state index contributed by atoms with van der Waals surface area (Å²) in [5, 5.41) is 5.69. The van der Waals surface area contributed by atoms with Crippen molar-refractivity contribution < 1.29 is 0 Å². The Morgan fingerprint density at radius 2 is 2.12 bits per heavy atom. The molecule has 0 aliphatic heterocycles. The van der Waals surface area contributed by atoms with Gasteiger partial charge in [0.05, 0.1) is 0 Å². The summed E-state index contributed by atoms with van der Waals surface area (Å²) in [7, 11) is 2.08. The zero-order chi connectivity index (χ0) is 12.3. The van der Waals surface area contributed by atoms with E-state index in [2.05, 4.69) is 66.6 Å². The van der Waals surface area contributed by atoms with E-state index in [1.54, 1.807) is 0 Å². The Morgan fingerprint density at radius 1 is 1.29 bits per heavy atom. The van der Waals surface area contributed by atoms with Gasteiger partial charge in [-0.05, 0) is 23.6 Å². The van der Waals surface area contributed by atoms with Gasteiger partial charge in [0.1, 0.15) is 0 Å². The zero-order valence-electron chi connectivity index (χ0n) is 10.7. The topological polar surface area (TPSA) is 17.0 Å². The first-order chi connectivity index (χ1) is 8.09. The van der Waals surface area contributed by atoms with E-state index in [1.807, 2.05) is 11.3 Å². The second kappa shape index (κ2) is 5.07. The van der Waals surface area contributed by atoms with Gasteiger partial charge in [-0.2, -0.15) is 0 Å². The molecule has 17 heavy (non-hydrogen) atoms. The van der Waals surface area contributed by atoms with E-state index in [-0.39, 0.29) is 5.41 Å². The first-order valence-electron chi connectivity index (χ1n) is 5.94. The Bertz CT molecular complexity index is 454. The van der Waals surface area contributed by atoms with Crippen LogP contribution >= 0.6 is 11.3 Å². The molecule has 0 saturated carbocycles. The molecule has 3 heteroatoms. The van der Waals surface area contributed by atoms with Crippen LogP contribution in [0.2, 0.25) is 0 Å². The zero-order valence-corrected chi connectivity index (χ0v) is 11.6. The lowest BCUT2D eigenvalue weighted by molar-refractivity contribution is 0.472. The van der Waals surface area contributed by atoms with E-state index in [4.69, 9.17) is 0 Å². The lowest BCUT2D eigenvalue weighted by atomic mass is 9.91. The molecule has 0 amide bonds. The minimum atomic E-state index is 0.208. The number of hydrogen-bond donors (Lipinski definition) is 1. The Balaban J connectivity index is 1.88. The van der Waals surface area contributed by atoms with Crippen LogP contribution in [0.15, 0.2) is 35.8 Å². The van der Waals surface area contributed by atoms with Crippen LogP contribution < -0.4 is 5.32 Å². The van der Waals surface area contributed by atoms with Crippen molar-refractivity contribution in [2.45, 2.75) is 25.8 Å². The van der Waals surface area contributed by atoms with Crippen LogP contribution in [-0.4, -0.2) is 11.1 Å². The Hall–Kier alpha value is -1.06. The molecule has 92 valence electrons. The largest absolute Gasteiger partial charge is 0.353 e. The molecule has 2 aromatic heterocycles. The summed E-state index contributed by atoms with van der Waals surface area (Å²) >= 11 is 1.84. The fourth-order valence-corrected chi connectivity index (χ4v) is 2.79. The third-order valence-corrected chi connectivity index (χ3v) is 4.35. The summed E-state index contributed by atoms with van der Waals surface area (Å²) < 4.78 is 2.16. The number of hydrogen-bond acceptors (Lipinski definition) is 2. The van der Waals surface area contributed by atoms with Gasteiger partial charge in [0.2, 0.25) is 0 Å². The van der Waals surface area contributed by atoms with Crippen LogP contribution in [0.1, 0.15) is 24.4 Å². The predicted molar refractivity (Wildman–Crippen MR) is 74.5 cm³/mol. The average Bonchev–Trinajstić information content (AvgIpc) is 2.90. The average molecular weight is 248 g/mol. The highest BCUT2D eigenvalue weighted by Crippen LogP contribution is 2.26. The number of nitrogens with one attached hydrogen (secondary N) is 1. The molecule has 0 unspecified atom stereocenters. The second-order valence-electron chi connectivity index (χ2n) is 5.08. The van der Waals surface area contributed by atoms with Crippen LogP contribution in [0.3, 0.4) is 0 Å². The Morgan fingerprint density at radius 3 is 2.71 bits per heavy atom. The molecule has 2 aromatic rings. The van der Waals surface area contributed by atoms with Gasteiger partial charge in [-0.15, -0.1) is 11.3 Å². The standard InChI is InChI=1S/C14H20N2S/c1-14(2,13-7-5-9-17-13)11-15-10-12-6-4-8-16(12)3/h4-9,15H,10-11H2,1-3H3. The summed E-state index contributed by atoms with van der Waals surface area (Å²) in [6.07, 6.45) is 2.08. The van der Waals surface area contributed by atoms with E-state index in [1.165, 1.54) is 10.6 Å². The molecule has 2 nitrogen and oxygen atoms in total. The molecule has 0 aliphatic carbocycles. The van der Waals surface area contributed by atoms with E-state index in [0.717, 1.165) is 13.1 Å².